The van der Waals surface area contributed by atoms with Gasteiger partial charge in [-0.1, -0.05) is 12.8 Å². The lowest BCUT2D eigenvalue weighted by atomic mass is 9.92. The molecule has 0 aromatic heterocycles. The number of aliphatic hydroxyl groups excluding tert-OH is 1. The number of carbonyl (C=O) groups is 1. The van der Waals surface area contributed by atoms with Crippen LogP contribution in [0.2, 0.25) is 0 Å². The van der Waals surface area contributed by atoms with Crippen molar-refractivity contribution in [3.05, 3.63) is 29.8 Å². The maximum absolute atomic E-state index is 13.3. The molecule has 4 nitrogen and oxygen atoms in total. The van der Waals surface area contributed by atoms with Crippen molar-refractivity contribution in [2.75, 3.05) is 6.61 Å². The zero-order chi connectivity index (χ0) is 14.5. The van der Waals surface area contributed by atoms with E-state index in [1.165, 1.54) is 0 Å². The SMILES string of the molecule is O=C(COc1ccc(F)cc1F)NC1CCCCC1O. The molecule has 1 amide bonds. The second kappa shape index (κ2) is 6.65. The highest BCUT2D eigenvalue weighted by molar-refractivity contribution is 5.77. The minimum absolute atomic E-state index is 0.175. The van der Waals surface area contributed by atoms with Crippen LogP contribution in [0.4, 0.5) is 8.78 Å². The standard InChI is InChI=1S/C14H17F2NO3/c15-9-5-6-13(10(16)7-9)20-8-14(19)17-11-3-1-2-4-12(11)18/h5-7,11-12,18H,1-4,8H2,(H,17,19). The molecule has 1 fully saturated rings. The number of rotatable bonds is 4. The topological polar surface area (TPSA) is 58.6 Å². The maximum Gasteiger partial charge on any atom is 0.258 e. The molecule has 20 heavy (non-hydrogen) atoms. The lowest BCUT2D eigenvalue weighted by Gasteiger charge is -2.28. The number of carbonyl (C=O) groups excluding carboxylic acids is 1. The van der Waals surface area contributed by atoms with Gasteiger partial charge < -0.3 is 15.2 Å². The van der Waals surface area contributed by atoms with E-state index in [-0.39, 0.29) is 18.4 Å². The third kappa shape index (κ3) is 3.90. The zero-order valence-electron chi connectivity index (χ0n) is 10.9. The number of hydrogen-bond donors (Lipinski definition) is 2. The van der Waals surface area contributed by atoms with Crippen molar-refractivity contribution in [1.82, 2.24) is 5.32 Å². The Kier molecular flexibility index (Phi) is 4.89. The van der Waals surface area contributed by atoms with Crippen molar-refractivity contribution in [2.24, 2.45) is 0 Å². The van der Waals surface area contributed by atoms with Gasteiger partial charge >= 0.3 is 0 Å². The Morgan fingerprint density at radius 3 is 2.80 bits per heavy atom. The van der Waals surface area contributed by atoms with Crippen LogP contribution >= 0.6 is 0 Å². The Morgan fingerprint density at radius 1 is 1.35 bits per heavy atom. The first-order chi connectivity index (χ1) is 9.56. The first kappa shape index (κ1) is 14.7. The minimum Gasteiger partial charge on any atom is -0.481 e. The number of amides is 1. The van der Waals surface area contributed by atoms with Gasteiger partial charge in [-0.2, -0.15) is 0 Å². The summed E-state index contributed by atoms with van der Waals surface area (Å²) in [6.45, 7) is -0.369. The average molecular weight is 285 g/mol. The molecule has 0 saturated heterocycles. The van der Waals surface area contributed by atoms with E-state index < -0.39 is 23.6 Å². The highest BCUT2D eigenvalue weighted by Gasteiger charge is 2.24. The first-order valence-electron chi connectivity index (χ1n) is 6.61. The highest BCUT2D eigenvalue weighted by Crippen LogP contribution is 2.19. The predicted molar refractivity (Wildman–Crippen MR) is 68.3 cm³/mol. The van der Waals surface area contributed by atoms with Crippen LogP contribution in [-0.4, -0.2) is 29.8 Å². The number of halogens is 2. The summed E-state index contributed by atoms with van der Waals surface area (Å²) in [5.41, 5.74) is 0. The lowest BCUT2D eigenvalue weighted by Crippen LogP contribution is -2.46. The molecule has 0 spiro atoms. The van der Waals surface area contributed by atoms with Crippen molar-refractivity contribution >= 4 is 5.91 Å². The van der Waals surface area contributed by atoms with Crippen LogP contribution < -0.4 is 10.1 Å². The largest absolute Gasteiger partial charge is 0.481 e. The van der Waals surface area contributed by atoms with Crippen LogP contribution in [0.3, 0.4) is 0 Å². The van der Waals surface area contributed by atoms with Gasteiger partial charge in [-0.15, -0.1) is 0 Å². The predicted octanol–water partition coefficient (Wildman–Crippen LogP) is 1.76. The smallest absolute Gasteiger partial charge is 0.258 e. The molecule has 1 aromatic carbocycles. The van der Waals surface area contributed by atoms with Crippen molar-refractivity contribution in [2.45, 2.75) is 37.8 Å². The molecular formula is C14H17F2NO3. The van der Waals surface area contributed by atoms with Crippen LogP contribution in [0, 0.1) is 11.6 Å². The molecule has 2 N–H and O–H groups in total. The van der Waals surface area contributed by atoms with Gasteiger partial charge in [0.1, 0.15) is 5.82 Å². The molecule has 6 heteroatoms. The van der Waals surface area contributed by atoms with Gasteiger partial charge in [-0.25, -0.2) is 8.78 Å². The van der Waals surface area contributed by atoms with Gasteiger partial charge in [0.2, 0.25) is 0 Å². The number of aliphatic hydroxyl groups is 1. The Morgan fingerprint density at radius 2 is 2.10 bits per heavy atom. The fourth-order valence-electron chi connectivity index (χ4n) is 2.26. The molecular weight excluding hydrogens is 268 g/mol. The van der Waals surface area contributed by atoms with Crippen molar-refractivity contribution < 1.29 is 23.4 Å². The molecule has 110 valence electrons. The fourth-order valence-corrected chi connectivity index (χ4v) is 2.26. The number of hydrogen-bond acceptors (Lipinski definition) is 3. The maximum atomic E-state index is 13.3. The first-order valence-corrected chi connectivity index (χ1v) is 6.61. The van der Waals surface area contributed by atoms with E-state index in [9.17, 15) is 18.7 Å². The minimum atomic E-state index is -0.851. The Balaban J connectivity index is 1.82. The summed E-state index contributed by atoms with van der Waals surface area (Å²) < 4.78 is 31.0. The molecule has 1 aliphatic carbocycles. The van der Waals surface area contributed by atoms with Gasteiger partial charge in [0.05, 0.1) is 12.1 Å². The summed E-state index contributed by atoms with van der Waals surface area (Å²) in [7, 11) is 0. The molecule has 2 rings (SSSR count). The molecule has 0 heterocycles. The zero-order valence-corrected chi connectivity index (χ0v) is 10.9. The van der Waals surface area contributed by atoms with Gasteiger partial charge in [-0.3, -0.25) is 4.79 Å². The molecule has 0 bridgehead atoms. The van der Waals surface area contributed by atoms with E-state index in [4.69, 9.17) is 4.74 Å². The summed E-state index contributed by atoms with van der Waals surface area (Å²) in [4.78, 5) is 11.7. The number of nitrogens with one attached hydrogen (secondary N) is 1. The Hall–Kier alpha value is -1.69. The van der Waals surface area contributed by atoms with Crippen molar-refractivity contribution in [1.29, 1.82) is 0 Å². The fraction of sp³-hybridized carbons (Fsp3) is 0.500. The van der Waals surface area contributed by atoms with Gasteiger partial charge in [0.25, 0.3) is 5.91 Å². The van der Waals surface area contributed by atoms with E-state index in [1.807, 2.05) is 0 Å². The van der Waals surface area contributed by atoms with Crippen LogP contribution in [0.5, 0.6) is 5.75 Å². The molecule has 0 radical (unpaired) electrons. The third-order valence-corrected chi connectivity index (χ3v) is 3.33. The number of benzene rings is 1. The van der Waals surface area contributed by atoms with E-state index in [0.29, 0.717) is 12.5 Å². The third-order valence-electron chi connectivity index (χ3n) is 3.33. The van der Waals surface area contributed by atoms with Crippen LogP contribution in [0.25, 0.3) is 0 Å². The average Bonchev–Trinajstić information content (AvgIpc) is 2.40. The van der Waals surface area contributed by atoms with E-state index in [0.717, 1.165) is 31.4 Å². The highest BCUT2D eigenvalue weighted by atomic mass is 19.1. The summed E-state index contributed by atoms with van der Waals surface area (Å²) >= 11 is 0. The molecule has 2 unspecified atom stereocenters. The number of ether oxygens (including phenoxy) is 1. The second-order valence-corrected chi connectivity index (χ2v) is 4.89. The van der Waals surface area contributed by atoms with Crippen LogP contribution in [-0.2, 0) is 4.79 Å². The van der Waals surface area contributed by atoms with Gasteiger partial charge in [0, 0.05) is 6.07 Å². The van der Waals surface area contributed by atoms with Crippen molar-refractivity contribution in [3.63, 3.8) is 0 Å². The summed E-state index contributed by atoms with van der Waals surface area (Å²) in [6.07, 6.45) is 2.74. The van der Waals surface area contributed by atoms with Crippen molar-refractivity contribution in [3.8, 4) is 5.75 Å². The Labute approximate surface area is 115 Å². The monoisotopic (exact) mass is 285 g/mol. The van der Waals surface area contributed by atoms with Gasteiger partial charge in [0.15, 0.2) is 18.2 Å². The van der Waals surface area contributed by atoms with Crippen LogP contribution in [0.1, 0.15) is 25.7 Å². The van der Waals surface area contributed by atoms with Crippen LogP contribution in [0.15, 0.2) is 18.2 Å². The molecule has 2 atom stereocenters. The molecule has 1 aromatic rings. The molecule has 1 aliphatic rings. The van der Waals surface area contributed by atoms with E-state index in [1.54, 1.807) is 0 Å². The second-order valence-electron chi connectivity index (χ2n) is 4.89. The quantitative estimate of drug-likeness (QED) is 0.886. The molecule has 1 saturated carbocycles. The lowest BCUT2D eigenvalue weighted by molar-refractivity contribution is -0.125. The molecule has 0 aliphatic heterocycles. The van der Waals surface area contributed by atoms with E-state index >= 15 is 0 Å². The Bertz CT molecular complexity index is 481. The summed E-state index contributed by atoms with van der Waals surface area (Å²) in [5, 5.41) is 12.4. The summed E-state index contributed by atoms with van der Waals surface area (Å²) in [6, 6.07) is 2.60. The van der Waals surface area contributed by atoms with Gasteiger partial charge in [-0.05, 0) is 25.0 Å². The normalized spacial score (nSPS) is 22.4. The van der Waals surface area contributed by atoms with E-state index in [2.05, 4.69) is 5.32 Å². The summed E-state index contributed by atoms with van der Waals surface area (Å²) in [5.74, 6) is -2.16.